The van der Waals surface area contributed by atoms with Crippen molar-refractivity contribution in [2.75, 3.05) is 9.80 Å². The van der Waals surface area contributed by atoms with Gasteiger partial charge in [0.15, 0.2) is 0 Å². The fraction of sp³-hybridized carbons (Fsp3) is 0.0118. The van der Waals surface area contributed by atoms with Gasteiger partial charge in [-0.25, -0.2) is 0 Å². The van der Waals surface area contributed by atoms with Crippen molar-refractivity contribution >= 4 is 34.1 Å². The summed E-state index contributed by atoms with van der Waals surface area (Å²) >= 11 is 0. The minimum Gasteiger partial charge on any atom is -0.311 e. The summed E-state index contributed by atoms with van der Waals surface area (Å²) in [5.41, 5.74) is 29.6. The Morgan fingerprint density at radius 2 is 0.471 bits per heavy atom. The lowest BCUT2D eigenvalue weighted by molar-refractivity contribution is 1.01. The molecular formula is C85H60N2. The lowest BCUT2D eigenvalue weighted by atomic mass is 9.85. The molecule has 87 heavy (non-hydrogen) atoms. The van der Waals surface area contributed by atoms with Crippen molar-refractivity contribution < 1.29 is 0 Å². The number of benzene rings is 14. The fourth-order valence-electron chi connectivity index (χ4n) is 13.1. The molecule has 14 aromatic carbocycles. The lowest BCUT2D eigenvalue weighted by Crippen LogP contribution is -2.10. The molecule has 410 valence electrons. The van der Waals surface area contributed by atoms with Crippen LogP contribution in [0.15, 0.2) is 358 Å². The average Bonchev–Trinajstić information content (AvgIpc) is 2.07. The van der Waals surface area contributed by atoms with Crippen LogP contribution in [-0.2, 0) is 0 Å². The maximum atomic E-state index is 2.42. The number of nitrogens with zero attached hydrogens (tertiary/aromatic N) is 2. The molecule has 0 amide bonds. The summed E-state index contributed by atoms with van der Waals surface area (Å²) in [6.07, 6.45) is 0. The van der Waals surface area contributed by atoms with Gasteiger partial charge in [0.05, 0.1) is 0 Å². The molecule has 0 aromatic heterocycles. The van der Waals surface area contributed by atoms with Gasteiger partial charge in [0.25, 0.3) is 0 Å². The number of rotatable bonds is 14. The van der Waals surface area contributed by atoms with Crippen LogP contribution < -0.4 is 9.80 Å². The van der Waals surface area contributed by atoms with E-state index in [0.717, 1.165) is 67.5 Å². The first-order valence-electron chi connectivity index (χ1n) is 30.0. The highest BCUT2D eigenvalue weighted by Crippen LogP contribution is 2.51. The SMILES string of the molecule is c1ccc(-c2cc(-c3ccc(N(c4ccccc4)c4ccc5c(c4)C(c4ccccc4)c4ccccc4-5)cc3)c(-c3ccccc3)cc2-c2ccc(N(c3ccccc3)c3ccc(-c4c(-c5ccccc5)cccc4-c4ccccc4)cc3)cc2)cc1. The molecule has 0 heterocycles. The van der Waals surface area contributed by atoms with Crippen molar-refractivity contribution in [2.24, 2.45) is 0 Å². The van der Waals surface area contributed by atoms with Crippen molar-refractivity contribution in [1.82, 2.24) is 0 Å². The minimum absolute atomic E-state index is 0.144. The minimum atomic E-state index is 0.144. The molecule has 0 saturated heterocycles. The van der Waals surface area contributed by atoms with Crippen LogP contribution in [0.1, 0.15) is 22.6 Å². The van der Waals surface area contributed by atoms with Gasteiger partial charge < -0.3 is 9.80 Å². The predicted molar refractivity (Wildman–Crippen MR) is 367 cm³/mol. The molecule has 1 aliphatic carbocycles. The zero-order chi connectivity index (χ0) is 57.9. The van der Waals surface area contributed by atoms with Crippen LogP contribution in [0, 0.1) is 0 Å². The standard InChI is InChI=1S/C85H60N2/c1-8-25-60(26-9-1)74-41-24-42-75(61-27-10-2-11-28-61)84(74)67-47-53-71(54-48-67)86(68-35-18-6-19-36-68)70-49-43-64(44-50-70)81-58-80(63-31-14-4-15-32-63)82(59-79(81)62-29-12-3-13-30-62)65-45-51-72(52-46-65)87(69-37-20-7-21-38-69)73-55-56-77-76-39-22-23-40-78(76)85(83(77)57-73)66-33-16-5-17-34-66/h1-59,85H. The number of hydrogen-bond acceptors (Lipinski definition) is 2. The van der Waals surface area contributed by atoms with Gasteiger partial charge in [0.1, 0.15) is 0 Å². The van der Waals surface area contributed by atoms with Crippen LogP contribution in [0.25, 0.3) is 89.0 Å². The Labute approximate surface area is 510 Å². The maximum absolute atomic E-state index is 2.42. The van der Waals surface area contributed by atoms with E-state index in [1.54, 1.807) is 0 Å². The highest BCUT2D eigenvalue weighted by Gasteiger charge is 2.31. The third-order valence-electron chi connectivity index (χ3n) is 17.2. The third-order valence-corrected chi connectivity index (χ3v) is 17.2. The van der Waals surface area contributed by atoms with Gasteiger partial charge in [-0.15, -0.1) is 0 Å². The van der Waals surface area contributed by atoms with E-state index >= 15 is 0 Å². The monoisotopic (exact) mass is 1110 g/mol. The van der Waals surface area contributed by atoms with Gasteiger partial charge in [0, 0.05) is 40.0 Å². The molecule has 0 fully saturated rings. The van der Waals surface area contributed by atoms with Gasteiger partial charge in [-0.3, -0.25) is 0 Å². The van der Waals surface area contributed by atoms with Crippen LogP contribution in [0.2, 0.25) is 0 Å². The fourth-order valence-corrected chi connectivity index (χ4v) is 13.1. The van der Waals surface area contributed by atoms with Crippen LogP contribution in [0.4, 0.5) is 34.1 Å². The van der Waals surface area contributed by atoms with Gasteiger partial charge in [0.2, 0.25) is 0 Å². The first-order chi connectivity index (χ1) is 43.2. The Hall–Kier alpha value is -11.3. The average molecular weight is 1110 g/mol. The summed E-state index contributed by atoms with van der Waals surface area (Å²) in [7, 11) is 0. The van der Waals surface area contributed by atoms with E-state index < -0.39 is 0 Å². The third kappa shape index (κ3) is 10.2. The first kappa shape index (κ1) is 52.5. The molecule has 2 heteroatoms. The molecule has 1 atom stereocenters. The summed E-state index contributed by atoms with van der Waals surface area (Å²) in [4.78, 5) is 4.76. The second-order valence-electron chi connectivity index (χ2n) is 22.3. The van der Waals surface area contributed by atoms with E-state index in [1.165, 1.54) is 72.3 Å². The van der Waals surface area contributed by atoms with Crippen LogP contribution in [0.5, 0.6) is 0 Å². The van der Waals surface area contributed by atoms with Gasteiger partial charge in [-0.2, -0.15) is 0 Å². The number of hydrogen-bond donors (Lipinski definition) is 0. The van der Waals surface area contributed by atoms with Crippen molar-refractivity contribution in [1.29, 1.82) is 0 Å². The van der Waals surface area contributed by atoms with Crippen LogP contribution >= 0.6 is 0 Å². The Kier molecular flexibility index (Phi) is 14.1. The van der Waals surface area contributed by atoms with Gasteiger partial charge >= 0.3 is 0 Å². The summed E-state index contributed by atoms with van der Waals surface area (Å²) in [6, 6.07) is 131. The number of fused-ring (bicyclic) bond motifs is 3. The van der Waals surface area contributed by atoms with E-state index in [-0.39, 0.29) is 5.92 Å². The molecular weight excluding hydrogens is 1050 g/mol. The molecule has 1 unspecified atom stereocenters. The summed E-state index contributed by atoms with van der Waals surface area (Å²) in [5.74, 6) is 0.144. The molecule has 2 nitrogen and oxygen atoms in total. The van der Waals surface area contributed by atoms with Crippen molar-refractivity contribution in [3.63, 3.8) is 0 Å². The zero-order valence-corrected chi connectivity index (χ0v) is 48.0. The Balaban J connectivity index is 0.811. The van der Waals surface area contributed by atoms with E-state index in [1.807, 2.05) is 0 Å². The highest BCUT2D eigenvalue weighted by molar-refractivity contribution is 5.98. The van der Waals surface area contributed by atoms with Crippen LogP contribution in [0.3, 0.4) is 0 Å². The maximum Gasteiger partial charge on any atom is 0.0465 e. The van der Waals surface area contributed by atoms with E-state index in [9.17, 15) is 0 Å². The summed E-state index contributed by atoms with van der Waals surface area (Å²) in [5, 5.41) is 0. The summed E-state index contributed by atoms with van der Waals surface area (Å²) < 4.78 is 0. The molecule has 14 aromatic rings. The van der Waals surface area contributed by atoms with Gasteiger partial charge in [-0.05, 0) is 191 Å². The topological polar surface area (TPSA) is 6.48 Å². The molecule has 1 aliphatic rings. The molecule has 15 rings (SSSR count). The largest absolute Gasteiger partial charge is 0.311 e. The molecule has 0 aliphatic heterocycles. The second-order valence-corrected chi connectivity index (χ2v) is 22.3. The van der Waals surface area contributed by atoms with Crippen LogP contribution in [-0.4, -0.2) is 0 Å². The Morgan fingerprint density at radius 3 is 0.908 bits per heavy atom. The molecule has 0 bridgehead atoms. The molecule has 0 N–H and O–H groups in total. The Bertz CT molecular complexity index is 4610. The zero-order valence-electron chi connectivity index (χ0n) is 48.0. The van der Waals surface area contributed by atoms with Crippen molar-refractivity contribution in [3.8, 4) is 89.0 Å². The second kappa shape index (κ2) is 23.4. The number of anilines is 6. The predicted octanol–water partition coefficient (Wildman–Crippen LogP) is 23.5. The van der Waals surface area contributed by atoms with E-state index in [0.29, 0.717) is 0 Å². The smallest absolute Gasteiger partial charge is 0.0465 e. The van der Waals surface area contributed by atoms with Crippen molar-refractivity contribution in [3.05, 3.63) is 375 Å². The normalized spacial score (nSPS) is 12.3. The molecule has 0 saturated carbocycles. The number of para-hydroxylation sites is 2. The molecule has 0 spiro atoms. The molecule has 0 radical (unpaired) electrons. The first-order valence-corrected chi connectivity index (χ1v) is 30.0. The quantitative estimate of drug-likeness (QED) is 0.107. The van der Waals surface area contributed by atoms with E-state index in [4.69, 9.17) is 0 Å². The van der Waals surface area contributed by atoms with E-state index in [2.05, 4.69) is 368 Å². The highest BCUT2D eigenvalue weighted by atomic mass is 15.1. The Morgan fingerprint density at radius 1 is 0.172 bits per heavy atom. The van der Waals surface area contributed by atoms with Crippen molar-refractivity contribution in [2.45, 2.75) is 5.92 Å². The summed E-state index contributed by atoms with van der Waals surface area (Å²) in [6.45, 7) is 0. The lowest BCUT2D eigenvalue weighted by Gasteiger charge is -2.27. The van der Waals surface area contributed by atoms with Gasteiger partial charge in [-0.1, -0.05) is 273 Å².